The lowest BCUT2D eigenvalue weighted by atomic mass is 10.3. The van der Waals surface area contributed by atoms with E-state index in [-0.39, 0.29) is 0 Å². The molecule has 0 aliphatic heterocycles. The fraction of sp³-hybridized carbons (Fsp3) is 0.250. The van der Waals surface area contributed by atoms with Crippen molar-refractivity contribution < 1.29 is 39.0 Å². The number of rotatable bonds is 5. The van der Waals surface area contributed by atoms with E-state index in [0.717, 1.165) is 19.2 Å². The van der Waals surface area contributed by atoms with Crippen molar-refractivity contribution in [1.82, 2.24) is 0 Å². The lowest BCUT2D eigenvalue weighted by molar-refractivity contribution is -0.0329. The molecule has 0 radical (unpaired) electrons. The van der Waals surface area contributed by atoms with E-state index in [1.807, 2.05) is 0 Å². The molecule has 1 unspecified atom stereocenters. The Kier molecular flexibility index (Phi) is 5.61. The van der Waals surface area contributed by atoms with Gasteiger partial charge in [-0.2, -0.15) is 25.6 Å². The van der Waals surface area contributed by atoms with Gasteiger partial charge in [-0.1, -0.05) is 6.07 Å². The SMILES string of the molecule is CO[PH](=O)OS(=O)(=O)c1c(F)cccc1SC(F)(F)F. The molecule has 1 atom stereocenters. The van der Waals surface area contributed by atoms with Crippen LogP contribution in [0.25, 0.3) is 0 Å². The zero-order valence-corrected chi connectivity index (χ0v) is 12.2. The lowest BCUT2D eigenvalue weighted by Crippen LogP contribution is -2.09. The Morgan fingerprint density at radius 3 is 2.40 bits per heavy atom. The molecule has 0 amide bonds. The molecule has 1 aromatic rings. The minimum absolute atomic E-state index is 0.640. The summed E-state index contributed by atoms with van der Waals surface area (Å²) in [5.74, 6) is -1.45. The van der Waals surface area contributed by atoms with Crippen LogP contribution in [0.1, 0.15) is 0 Å². The number of thioether (sulfide) groups is 1. The summed E-state index contributed by atoms with van der Waals surface area (Å²) >= 11 is -0.828. The first-order valence-electron chi connectivity index (χ1n) is 4.63. The van der Waals surface area contributed by atoms with E-state index < -0.39 is 51.3 Å². The standard InChI is InChI=1S/C8H7F4O5PS2/c1-16-18(13)17-20(14,15)7-5(9)3-2-4-6(7)19-8(10,11)12/h2-4,18H,1H3. The van der Waals surface area contributed by atoms with Gasteiger partial charge in [0.2, 0.25) is 0 Å². The van der Waals surface area contributed by atoms with Gasteiger partial charge in [0.25, 0.3) is 0 Å². The first-order chi connectivity index (χ1) is 9.07. The summed E-state index contributed by atoms with van der Waals surface area (Å²) < 4.78 is 92.6. The number of hydrogen-bond donors (Lipinski definition) is 0. The molecule has 114 valence electrons. The second-order valence-corrected chi connectivity index (χ2v) is 7.10. The molecule has 0 saturated heterocycles. The van der Waals surface area contributed by atoms with Crippen molar-refractivity contribution in [2.24, 2.45) is 0 Å². The minimum Gasteiger partial charge on any atom is -0.313 e. The Hall–Kier alpha value is -0.610. The molecule has 20 heavy (non-hydrogen) atoms. The Labute approximate surface area is 116 Å². The second kappa shape index (κ2) is 6.44. The van der Waals surface area contributed by atoms with Gasteiger partial charge in [-0.3, -0.25) is 4.57 Å². The molecule has 0 heterocycles. The molecule has 1 aromatic carbocycles. The van der Waals surface area contributed by atoms with E-state index in [0.29, 0.717) is 6.07 Å². The van der Waals surface area contributed by atoms with Crippen molar-refractivity contribution in [2.75, 3.05) is 7.11 Å². The zero-order valence-electron chi connectivity index (χ0n) is 9.60. The van der Waals surface area contributed by atoms with Crippen LogP contribution in [-0.2, 0) is 23.2 Å². The highest BCUT2D eigenvalue weighted by atomic mass is 32.2. The van der Waals surface area contributed by atoms with Crippen molar-refractivity contribution in [3.8, 4) is 0 Å². The zero-order chi connectivity index (χ0) is 15.6. The summed E-state index contributed by atoms with van der Waals surface area (Å²) in [6.45, 7) is 0. The molecule has 1 rings (SSSR count). The van der Waals surface area contributed by atoms with Crippen LogP contribution in [-0.4, -0.2) is 21.0 Å². The lowest BCUT2D eigenvalue weighted by Gasteiger charge is -2.11. The third-order valence-electron chi connectivity index (χ3n) is 1.75. The molecule has 0 spiro atoms. The summed E-state index contributed by atoms with van der Waals surface area (Å²) in [5.41, 5.74) is -4.83. The monoisotopic (exact) mass is 354 g/mol. The van der Waals surface area contributed by atoms with Crippen LogP contribution in [0.3, 0.4) is 0 Å². The van der Waals surface area contributed by atoms with Crippen molar-refractivity contribution in [3.63, 3.8) is 0 Å². The van der Waals surface area contributed by atoms with E-state index in [9.17, 15) is 30.5 Å². The maximum Gasteiger partial charge on any atom is 0.446 e. The molecule has 0 N–H and O–H groups in total. The van der Waals surface area contributed by atoms with Crippen molar-refractivity contribution >= 4 is 30.1 Å². The van der Waals surface area contributed by atoms with Crippen LogP contribution in [0, 0.1) is 5.82 Å². The van der Waals surface area contributed by atoms with Gasteiger partial charge in [0.1, 0.15) is 10.7 Å². The Morgan fingerprint density at radius 2 is 1.90 bits per heavy atom. The average molecular weight is 354 g/mol. The van der Waals surface area contributed by atoms with Crippen LogP contribution >= 0.6 is 20.0 Å². The molecule has 0 aliphatic rings. The van der Waals surface area contributed by atoms with Crippen LogP contribution in [0.15, 0.2) is 28.0 Å². The average Bonchev–Trinajstić information content (AvgIpc) is 2.25. The van der Waals surface area contributed by atoms with Gasteiger partial charge >= 0.3 is 23.9 Å². The van der Waals surface area contributed by atoms with Crippen LogP contribution in [0.5, 0.6) is 0 Å². The fourth-order valence-corrected chi connectivity index (χ4v) is 4.06. The van der Waals surface area contributed by atoms with E-state index in [4.69, 9.17) is 0 Å². The van der Waals surface area contributed by atoms with Crippen LogP contribution in [0.2, 0.25) is 0 Å². The van der Waals surface area contributed by atoms with Crippen molar-refractivity contribution in [3.05, 3.63) is 24.0 Å². The van der Waals surface area contributed by atoms with Gasteiger partial charge in [0.15, 0.2) is 0 Å². The highest BCUT2D eigenvalue weighted by molar-refractivity contribution is 8.01. The van der Waals surface area contributed by atoms with Gasteiger partial charge < -0.3 is 4.52 Å². The number of alkyl halides is 3. The molecular weight excluding hydrogens is 347 g/mol. The summed E-state index contributed by atoms with van der Waals surface area (Å²) in [4.78, 5) is -2.26. The minimum atomic E-state index is -4.99. The molecule has 12 heteroatoms. The molecule has 0 saturated carbocycles. The number of hydrogen-bond acceptors (Lipinski definition) is 6. The van der Waals surface area contributed by atoms with Crippen LogP contribution < -0.4 is 0 Å². The Balaban J connectivity index is 3.32. The Bertz CT molecular complexity index is 616. The number of benzene rings is 1. The normalized spacial score (nSPS) is 14.2. The summed E-state index contributed by atoms with van der Waals surface area (Å²) in [6, 6.07) is 2.30. The molecule has 0 fully saturated rings. The van der Waals surface area contributed by atoms with Gasteiger partial charge in [-0.05, 0) is 23.9 Å². The third kappa shape index (κ3) is 4.74. The quantitative estimate of drug-likeness (QED) is 0.460. The topological polar surface area (TPSA) is 69.7 Å². The predicted octanol–water partition coefficient (Wildman–Crippen LogP) is 3.18. The van der Waals surface area contributed by atoms with E-state index in [1.165, 1.54) is 0 Å². The fourth-order valence-electron chi connectivity index (χ4n) is 1.10. The summed E-state index contributed by atoms with van der Waals surface area (Å²) in [6.07, 6.45) is 0. The van der Waals surface area contributed by atoms with Crippen molar-refractivity contribution in [1.29, 1.82) is 0 Å². The third-order valence-corrected chi connectivity index (χ3v) is 5.34. The van der Waals surface area contributed by atoms with E-state index in [2.05, 4.69) is 8.49 Å². The molecule has 0 bridgehead atoms. The predicted molar refractivity (Wildman–Crippen MR) is 62.6 cm³/mol. The molecule has 5 nitrogen and oxygen atoms in total. The van der Waals surface area contributed by atoms with E-state index in [1.54, 1.807) is 0 Å². The smallest absolute Gasteiger partial charge is 0.313 e. The largest absolute Gasteiger partial charge is 0.446 e. The maximum atomic E-state index is 13.5. The highest BCUT2D eigenvalue weighted by Gasteiger charge is 2.35. The van der Waals surface area contributed by atoms with Gasteiger partial charge in [-0.25, -0.2) is 4.39 Å². The highest BCUT2D eigenvalue weighted by Crippen LogP contribution is 2.42. The van der Waals surface area contributed by atoms with Crippen LogP contribution in [0.4, 0.5) is 17.6 Å². The molecule has 0 aromatic heterocycles. The van der Waals surface area contributed by atoms with Crippen molar-refractivity contribution in [2.45, 2.75) is 15.3 Å². The molecule has 0 aliphatic carbocycles. The first kappa shape index (κ1) is 17.4. The van der Waals surface area contributed by atoms with E-state index >= 15 is 0 Å². The van der Waals surface area contributed by atoms with Gasteiger partial charge in [-0.15, -0.1) is 0 Å². The molecular formula is C8H7F4O5PS2. The maximum absolute atomic E-state index is 13.5. The summed E-state index contributed by atoms with van der Waals surface area (Å²) in [5, 5.41) is 0. The summed E-state index contributed by atoms with van der Waals surface area (Å²) in [7, 11) is -7.63. The number of halogens is 4. The first-order valence-corrected chi connectivity index (χ1v) is 8.08. The van der Waals surface area contributed by atoms with Gasteiger partial charge in [0, 0.05) is 12.0 Å². The van der Waals surface area contributed by atoms with Gasteiger partial charge in [0.05, 0.1) is 0 Å². The second-order valence-electron chi connectivity index (χ2n) is 3.11. The Morgan fingerprint density at radius 1 is 1.30 bits per heavy atom.